The van der Waals surface area contributed by atoms with Gasteiger partial charge in [-0.15, -0.1) is 0 Å². The topological polar surface area (TPSA) is 96.3 Å². The molecule has 1 saturated heterocycles. The fraction of sp³-hybridized carbons (Fsp3) is 0.462. The van der Waals surface area contributed by atoms with Crippen LogP contribution in [0.2, 0.25) is 5.02 Å². The molecule has 0 aliphatic carbocycles. The maximum absolute atomic E-state index is 15.6. The highest BCUT2D eigenvalue weighted by Crippen LogP contribution is 2.46. The van der Waals surface area contributed by atoms with Gasteiger partial charge in [-0.1, -0.05) is 30.7 Å². The summed E-state index contributed by atoms with van der Waals surface area (Å²) >= 11 is 6.00. The number of aliphatic hydroxyl groups is 1. The SMILES string of the molecule is CC[C@@](O)(c1cc(F)c2c(c1)C(=O)N(C(CC(=O)O)c1ccc(Cl)cc1)C2OC)C1CCOCC1. The lowest BCUT2D eigenvalue weighted by Crippen LogP contribution is -2.38. The molecule has 188 valence electrons. The van der Waals surface area contributed by atoms with E-state index in [2.05, 4.69) is 0 Å². The van der Waals surface area contributed by atoms with Crippen molar-refractivity contribution in [3.63, 3.8) is 0 Å². The van der Waals surface area contributed by atoms with Crippen LogP contribution >= 0.6 is 11.6 Å². The third-order valence-corrected chi connectivity index (χ3v) is 7.46. The number of carbonyl (C=O) groups is 2. The third kappa shape index (κ3) is 4.68. The van der Waals surface area contributed by atoms with E-state index in [-0.39, 0.29) is 17.0 Å². The van der Waals surface area contributed by atoms with E-state index in [9.17, 15) is 19.8 Å². The summed E-state index contributed by atoms with van der Waals surface area (Å²) < 4.78 is 26.6. The largest absolute Gasteiger partial charge is 0.481 e. The number of carboxylic acid groups (broad SMARTS) is 1. The number of methoxy groups -OCH3 is 1. The second-order valence-electron chi connectivity index (χ2n) is 9.05. The second-order valence-corrected chi connectivity index (χ2v) is 9.49. The Kier molecular flexibility index (Phi) is 7.47. The molecule has 4 rings (SSSR count). The number of carbonyl (C=O) groups excluding carboxylic acids is 1. The number of rotatable bonds is 8. The molecule has 2 unspecified atom stereocenters. The zero-order valence-electron chi connectivity index (χ0n) is 19.7. The first-order valence-corrected chi connectivity index (χ1v) is 12.1. The van der Waals surface area contributed by atoms with E-state index in [1.54, 1.807) is 24.3 Å². The number of hydrogen-bond acceptors (Lipinski definition) is 5. The van der Waals surface area contributed by atoms with Crippen LogP contribution in [0, 0.1) is 11.7 Å². The first kappa shape index (κ1) is 25.6. The summed E-state index contributed by atoms with van der Waals surface area (Å²) in [5, 5.41) is 21.7. The van der Waals surface area contributed by atoms with Gasteiger partial charge in [0.1, 0.15) is 5.82 Å². The molecule has 1 fully saturated rings. The van der Waals surface area contributed by atoms with Gasteiger partial charge in [0.15, 0.2) is 6.23 Å². The van der Waals surface area contributed by atoms with Gasteiger partial charge in [0, 0.05) is 30.9 Å². The van der Waals surface area contributed by atoms with E-state index in [4.69, 9.17) is 21.1 Å². The normalized spacial score (nSPS) is 21.0. The minimum absolute atomic E-state index is 0.0380. The Morgan fingerprint density at radius 1 is 1.29 bits per heavy atom. The monoisotopic (exact) mass is 505 g/mol. The van der Waals surface area contributed by atoms with Crippen molar-refractivity contribution in [3.8, 4) is 0 Å². The maximum Gasteiger partial charge on any atom is 0.305 e. The summed E-state index contributed by atoms with van der Waals surface area (Å²) in [6.07, 6.45) is 0.0663. The van der Waals surface area contributed by atoms with Crippen LogP contribution in [0.1, 0.15) is 71.9 Å². The van der Waals surface area contributed by atoms with Gasteiger partial charge >= 0.3 is 5.97 Å². The standard InChI is InChI=1S/C26H29ClFNO6/c1-3-26(33,16-8-10-35-11-9-16)17-12-19-23(20(28)13-17)25(34-2)29(24(19)32)21(14-22(30)31)15-4-6-18(27)7-5-15/h4-7,12-13,16,21,25,33H,3,8-11,14H2,1-2H3,(H,30,31)/t21?,25?,26-/m0/s1. The van der Waals surface area contributed by atoms with Crippen molar-refractivity contribution < 1.29 is 33.7 Å². The summed E-state index contributed by atoms with van der Waals surface area (Å²) in [6, 6.07) is 8.38. The number of fused-ring (bicyclic) bond motifs is 1. The van der Waals surface area contributed by atoms with Gasteiger partial charge in [0.05, 0.1) is 23.6 Å². The molecule has 1 amide bonds. The molecule has 2 aliphatic rings. The summed E-state index contributed by atoms with van der Waals surface area (Å²) in [7, 11) is 1.34. The van der Waals surface area contributed by atoms with Gasteiger partial charge in [0.2, 0.25) is 0 Å². The lowest BCUT2D eigenvalue weighted by molar-refractivity contribution is -0.139. The van der Waals surface area contributed by atoms with Crippen LogP contribution in [0.15, 0.2) is 36.4 Å². The Morgan fingerprint density at radius 2 is 1.94 bits per heavy atom. The molecular weight excluding hydrogens is 477 g/mol. The number of ether oxygens (including phenoxy) is 2. The predicted octanol–water partition coefficient (Wildman–Crippen LogP) is 4.82. The van der Waals surface area contributed by atoms with Gasteiger partial charge in [-0.2, -0.15) is 0 Å². The summed E-state index contributed by atoms with van der Waals surface area (Å²) in [6.45, 7) is 2.85. The van der Waals surface area contributed by atoms with E-state index >= 15 is 4.39 Å². The number of halogens is 2. The lowest BCUT2D eigenvalue weighted by Gasteiger charge is -2.38. The average Bonchev–Trinajstić information content (AvgIpc) is 3.15. The van der Waals surface area contributed by atoms with E-state index in [1.807, 2.05) is 6.92 Å². The smallest absolute Gasteiger partial charge is 0.305 e. The highest BCUT2D eigenvalue weighted by atomic mass is 35.5. The molecule has 2 heterocycles. The molecule has 3 atom stereocenters. The molecule has 9 heteroatoms. The third-order valence-electron chi connectivity index (χ3n) is 7.21. The molecule has 2 aromatic rings. The molecule has 7 nitrogen and oxygen atoms in total. The highest BCUT2D eigenvalue weighted by Gasteiger charge is 2.46. The molecule has 2 aliphatic heterocycles. The quantitative estimate of drug-likeness (QED) is 0.534. The Balaban J connectivity index is 1.79. The molecule has 0 aromatic heterocycles. The van der Waals surface area contributed by atoms with Crippen LogP contribution in [-0.2, 0) is 19.9 Å². The number of nitrogens with zero attached hydrogens (tertiary/aromatic N) is 1. The number of hydrogen-bond donors (Lipinski definition) is 2. The molecule has 35 heavy (non-hydrogen) atoms. The molecular formula is C26H29ClFNO6. The lowest BCUT2D eigenvalue weighted by atomic mass is 9.75. The zero-order valence-corrected chi connectivity index (χ0v) is 20.4. The van der Waals surface area contributed by atoms with Gasteiger partial charge in [0.25, 0.3) is 5.91 Å². The van der Waals surface area contributed by atoms with Crippen LogP contribution in [0.4, 0.5) is 4.39 Å². The number of aliphatic carboxylic acids is 1. The van der Waals surface area contributed by atoms with Crippen LogP contribution < -0.4 is 0 Å². The Morgan fingerprint density at radius 3 is 2.51 bits per heavy atom. The van der Waals surface area contributed by atoms with Crippen LogP contribution in [0.25, 0.3) is 0 Å². The summed E-state index contributed by atoms with van der Waals surface area (Å²) in [5.74, 6) is -2.49. The zero-order chi connectivity index (χ0) is 25.3. The second kappa shape index (κ2) is 10.2. The average molecular weight is 506 g/mol. The minimum Gasteiger partial charge on any atom is -0.481 e. The van der Waals surface area contributed by atoms with E-state index in [0.29, 0.717) is 48.6 Å². The van der Waals surface area contributed by atoms with E-state index in [1.165, 1.54) is 24.1 Å². The van der Waals surface area contributed by atoms with Gasteiger partial charge in [-0.05, 0) is 60.6 Å². The number of amides is 1. The fourth-order valence-electron chi connectivity index (χ4n) is 5.35. The Bertz CT molecular complexity index is 1100. The van der Waals surface area contributed by atoms with Crippen molar-refractivity contribution >= 4 is 23.5 Å². The Hall–Kier alpha value is -2.52. The first-order chi connectivity index (χ1) is 16.7. The molecule has 2 N–H and O–H groups in total. The van der Waals surface area contributed by atoms with Crippen molar-refractivity contribution in [1.29, 1.82) is 0 Å². The molecule has 0 bridgehead atoms. The molecule has 2 aromatic carbocycles. The highest BCUT2D eigenvalue weighted by molar-refractivity contribution is 6.30. The predicted molar refractivity (Wildman–Crippen MR) is 126 cm³/mol. The molecule has 0 spiro atoms. The number of benzene rings is 2. The van der Waals surface area contributed by atoms with Crippen molar-refractivity contribution in [2.45, 2.75) is 50.5 Å². The van der Waals surface area contributed by atoms with Gasteiger partial charge < -0.3 is 24.6 Å². The minimum atomic E-state index is -1.33. The van der Waals surface area contributed by atoms with Crippen molar-refractivity contribution in [3.05, 3.63) is 69.5 Å². The van der Waals surface area contributed by atoms with Crippen LogP contribution in [0.5, 0.6) is 0 Å². The Labute approximate surface area is 208 Å². The van der Waals surface area contributed by atoms with Crippen LogP contribution in [-0.4, -0.2) is 47.3 Å². The van der Waals surface area contributed by atoms with Gasteiger partial charge in [-0.3, -0.25) is 9.59 Å². The summed E-state index contributed by atoms with van der Waals surface area (Å²) in [4.78, 5) is 26.7. The van der Waals surface area contributed by atoms with Crippen molar-refractivity contribution in [2.24, 2.45) is 5.92 Å². The summed E-state index contributed by atoms with van der Waals surface area (Å²) in [5.41, 5.74) is -0.361. The number of carboxylic acids is 1. The van der Waals surface area contributed by atoms with E-state index < -0.39 is 42.0 Å². The molecule has 0 radical (unpaired) electrons. The maximum atomic E-state index is 15.6. The van der Waals surface area contributed by atoms with Crippen LogP contribution in [0.3, 0.4) is 0 Å². The first-order valence-electron chi connectivity index (χ1n) is 11.7. The van der Waals surface area contributed by atoms with Gasteiger partial charge in [-0.25, -0.2) is 4.39 Å². The van der Waals surface area contributed by atoms with Crippen molar-refractivity contribution in [1.82, 2.24) is 4.90 Å². The van der Waals surface area contributed by atoms with E-state index in [0.717, 1.165) is 0 Å². The molecule has 0 saturated carbocycles. The van der Waals surface area contributed by atoms with Crippen molar-refractivity contribution in [2.75, 3.05) is 20.3 Å². The fourth-order valence-corrected chi connectivity index (χ4v) is 5.47.